The van der Waals surface area contributed by atoms with E-state index in [9.17, 15) is 4.79 Å². The molecule has 2 heterocycles. The highest BCUT2D eigenvalue weighted by molar-refractivity contribution is 9.10. The number of primary amides is 1. The molecule has 1 amide bonds. The van der Waals surface area contributed by atoms with Gasteiger partial charge in [-0.25, -0.2) is 0 Å². The third-order valence-corrected chi connectivity index (χ3v) is 4.08. The lowest BCUT2D eigenvalue weighted by atomic mass is 9.81. The Hall–Kier alpha value is -0.785. The molecule has 0 atom stereocenters. The van der Waals surface area contributed by atoms with Crippen LogP contribution in [0.1, 0.15) is 38.2 Å². The van der Waals surface area contributed by atoms with E-state index in [1.165, 1.54) is 6.07 Å². The summed E-state index contributed by atoms with van der Waals surface area (Å²) in [5, 5.41) is 0. The number of furan rings is 1. The Balaban J connectivity index is 2.32. The second kappa shape index (κ2) is 4.11. The molecule has 18 heavy (non-hydrogen) atoms. The first-order valence-electron chi connectivity index (χ1n) is 5.59. The molecule has 2 rings (SSSR count). The van der Waals surface area contributed by atoms with E-state index in [1.54, 1.807) is 0 Å². The summed E-state index contributed by atoms with van der Waals surface area (Å²) in [6.45, 7) is 7.82. The summed E-state index contributed by atoms with van der Waals surface area (Å²) in [7, 11) is -0.582. The lowest BCUT2D eigenvalue weighted by molar-refractivity contribution is 0.00578. The second-order valence-electron chi connectivity index (χ2n) is 5.29. The molecule has 5 nitrogen and oxygen atoms in total. The van der Waals surface area contributed by atoms with Crippen LogP contribution in [-0.2, 0) is 9.31 Å². The predicted molar refractivity (Wildman–Crippen MR) is 70.6 cm³/mol. The van der Waals surface area contributed by atoms with E-state index >= 15 is 0 Å². The first kappa shape index (κ1) is 13.6. The van der Waals surface area contributed by atoms with Crippen LogP contribution in [0, 0.1) is 0 Å². The van der Waals surface area contributed by atoms with Crippen LogP contribution >= 0.6 is 15.9 Å². The van der Waals surface area contributed by atoms with Gasteiger partial charge in [-0.2, -0.15) is 0 Å². The van der Waals surface area contributed by atoms with Crippen molar-refractivity contribution in [3.05, 3.63) is 16.5 Å². The molecule has 7 heteroatoms. The van der Waals surface area contributed by atoms with Crippen LogP contribution < -0.4 is 11.2 Å². The number of rotatable bonds is 2. The van der Waals surface area contributed by atoms with Crippen molar-refractivity contribution in [3.63, 3.8) is 0 Å². The number of hydrogen-bond acceptors (Lipinski definition) is 4. The van der Waals surface area contributed by atoms with Crippen molar-refractivity contribution in [3.8, 4) is 0 Å². The fraction of sp³-hybridized carbons (Fsp3) is 0.545. The highest BCUT2D eigenvalue weighted by Gasteiger charge is 2.52. The molecule has 0 saturated carbocycles. The van der Waals surface area contributed by atoms with E-state index in [2.05, 4.69) is 15.9 Å². The molecule has 2 N–H and O–H groups in total. The van der Waals surface area contributed by atoms with Crippen molar-refractivity contribution in [1.29, 1.82) is 0 Å². The molecule has 1 aromatic rings. The van der Waals surface area contributed by atoms with Crippen molar-refractivity contribution >= 4 is 34.4 Å². The molecule has 1 fully saturated rings. The quantitative estimate of drug-likeness (QED) is 0.838. The number of halogens is 1. The van der Waals surface area contributed by atoms with Crippen LogP contribution in [-0.4, -0.2) is 24.2 Å². The van der Waals surface area contributed by atoms with E-state index in [-0.39, 0.29) is 5.76 Å². The van der Waals surface area contributed by atoms with Gasteiger partial charge in [-0.3, -0.25) is 4.79 Å². The van der Waals surface area contributed by atoms with Crippen LogP contribution in [0.15, 0.2) is 15.2 Å². The predicted octanol–water partition coefficient (Wildman–Crippen LogP) is 1.44. The van der Waals surface area contributed by atoms with Gasteiger partial charge in [0, 0.05) is 5.46 Å². The van der Waals surface area contributed by atoms with Crippen molar-refractivity contribution in [2.75, 3.05) is 0 Å². The fourth-order valence-corrected chi connectivity index (χ4v) is 2.11. The maximum atomic E-state index is 11.1. The first-order valence-corrected chi connectivity index (χ1v) is 6.38. The summed E-state index contributed by atoms with van der Waals surface area (Å²) in [6, 6.07) is 1.54. The highest BCUT2D eigenvalue weighted by Crippen LogP contribution is 2.37. The van der Waals surface area contributed by atoms with Gasteiger partial charge in [0.2, 0.25) is 0 Å². The second-order valence-corrected chi connectivity index (χ2v) is 6.01. The summed E-state index contributed by atoms with van der Waals surface area (Å²) >= 11 is 3.24. The molecule has 0 spiro atoms. The van der Waals surface area contributed by atoms with Gasteiger partial charge in [0.15, 0.2) is 10.4 Å². The van der Waals surface area contributed by atoms with Crippen LogP contribution in [0.3, 0.4) is 0 Å². The summed E-state index contributed by atoms with van der Waals surface area (Å²) in [5.74, 6) is -0.551. The Morgan fingerprint density at radius 3 is 2.17 bits per heavy atom. The van der Waals surface area contributed by atoms with Crippen molar-refractivity contribution in [2.45, 2.75) is 38.9 Å². The Kier molecular flexibility index (Phi) is 3.12. The van der Waals surface area contributed by atoms with Gasteiger partial charge in [-0.1, -0.05) is 0 Å². The standard InChI is InChI=1S/C11H15BBrNO4/c1-10(2)11(3,4)18-12(17-10)6-5-7(9(14)15)16-8(6)13/h5H,1-4H3,(H2,14,15). The monoisotopic (exact) mass is 315 g/mol. The zero-order valence-corrected chi connectivity index (χ0v) is 12.3. The average Bonchev–Trinajstić information content (AvgIpc) is 2.66. The lowest BCUT2D eigenvalue weighted by Crippen LogP contribution is -2.41. The number of amides is 1. The maximum Gasteiger partial charge on any atom is 0.499 e. The van der Waals surface area contributed by atoms with Crippen molar-refractivity contribution < 1.29 is 18.5 Å². The van der Waals surface area contributed by atoms with Gasteiger partial charge >= 0.3 is 7.12 Å². The fourth-order valence-electron chi connectivity index (χ4n) is 1.64. The summed E-state index contributed by atoms with van der Waals surface area (Å²) in [5.41, 5.74) is 4.91. The number of carbonyl (C=O) groups is 1. The Morgan fingerprint density at radius 2 is 1.78 bits per heavy atom. The number of carbonyl (C=O) groups excluding carboxylic acids is 1. The minimum Gasteiger partial charge on any atom is -0.445 e. The molecular weight excluding hydrogens is 301 g/mol. The molecule has 0 unspecified atom stereocenters. The van der Waals surface area contributed by atoms with E-state index in [1.807, 2.05) is 27.7 Å². The van der Waals surface area contributed by atoms with E-state index in [0.29, 0.717) is 10.1 Å². The summed E-state index contributed by atoms with van der Waals surface area (Å²) < 4.78 is 17.3. The maximum absolute atomic E-state index is 11.1. The smallest absolute Gasteiger partial charge is 0.445 e. The van der Waals surface area contributed by atoms with Crippen LogP contribution in [0.5, 0.6) is 0 Å². The molecule has 1 aliphatic rings. The van der Waals surface area contributed by atoms with Crippen LogP contribution in [0.25, 0.3) is 0 Å². The number of nitrogens with two attached hydrogens (primary N) is 1. The zero-order chi connectivity index (χ0) is 13.7. The van der Waals surface area contributed by atoms with Gasteiger partial charge in [-0.05, 0) is 49.7 Å². The van der Waals surface area contributed by atoms with E-state index in [4.69, 9.17) is 19.5 Å². The van der Waals surface area contributed by atoms with Crippen LogP contribution in [0.4, 0.5) is 0 Å². The zero-order valence-electron chi connectivity index (χ0n) is 10.7. The lowest BCUT2D eigenvalue weighted by Gasteiger charge is -2.32. The minimum absolute atomic E-state index is 0.0755. The molecule has 1 saturated heterocycles. The topological polar surface area (TPSA) is 74.7 Å². The van der Waals surface area contributed by atoms with Crippen molar-refractivity contribution in [2.24, 2.45) is 5.73 Å². The van der Waals surface area contributed by atoms with Gasteiger partial charge in [0.1, 0.15) is 0 Å². The SMILES string of the molecule is CC1(C)OB(c2cc(C(N)=O)oc2Br)OC1(C)C. The largest absolute Gasteiger partial charge is 0.499 e. The summed E-state index contributed by atoms with van der Waals surface area (Å²) in [6.07, 6.45) is 0. The van der Waals surface area contributed by atoms with E-state index < -0.39 is 24.2 Å². The van der Waals surface area contributed by atoms with Crippen molar-refractivity contribution in [1.82, 2.24) is 0 Å². The molecular formula is C11H15BBrNO4. The Morgan fingerprint density at radius 1 is 1.28 bits per heavy atom. The molecule has 1 aliphatic heterocycles. The van der Waals surface area contributed by atoms with Gasteiger partial charge in [0.05, 0.1) is 11.2 Å². The average molecular weight is 316 g/mol. The normalized spacial score (nSPS) is 21.3. The van der Waals surface area contributed by atoms with E-state index in [0.717, 1.165) is 0 Å². The molecule has 0 bridgehead atoms. The Bertz CT molecular complexity index is 481. The van der Waals surface area contributed by atoms with Gasteiger partial charge in [0.25, 0.3) is 5.91 Å². The molecule has 0 radical (unpaired) electrons. The number of hydrogen-bond donors (Lipinski definition) is 1. The molecule has 1 aromatic heterocycles. The third kappa shape index (κ3) is 2.11. The Labute approximate surface area is 114 Å². The third-order valence-electron chi connectivity index (χ3n) is 3.46. The van der Waals surface area contributed by atoms with Gasteiger partial charge in [-0.15, -0.1) is 0 Å². The summed E-state index contributed by atoms with van der Waals surface area (Å²) in [4.78, 5) is 11.1. The molecule has 0 aromatic carbocycles. The van der Waals surface area contributed by atoms with Crippen LogP contribution in [0.2, 0.25) is 0 Å². The minimum atomic E-state index is -0.626. The molecule has 0 aliphatic carbocycles. The highest BCUT2D eigenvalue weighted by atomic mass is 79.9. The first-order chi connectivity index (χ1) is 8.14. The molecule has 98 valence electrons. The van der Waals surface area contributed by atoms with Gasteiger partial charge < -0.3 is 19.5 Å².